The molecule has 7 heteroatoms. The van der Waals surface area contributed by atoms with E-state index in [0.717, 1.165) is 12.8 Å². The number of ether oxygens (including phenoxy) is 1. The second-order valence-corrected chi connectivity index (χ2v) is 4.02. The molecule has 0 aliphatic carbocycles. The molecule has 1 N–H and O–H groups in total. The van der Waals surface area contributed by atoms with Gasteiger partial charge >= 0.3 is 0 Å². The number of amides is 1. The van der Waals surface area contributed by atoms with Crippen molar-refractivity contribution in [3.8, 4) is 0 Å². The molecule has 96 valence electrons. The van der Waals surface area contributed by atoms with Crippen molar-refractivity contribution in [2.45, 2.75) is 25.4 Å². The van der Waals surface area contributed by atoms with Crippen molar-refractivity contribution in [1.82, 2.24) is 5.32 Å². The first kappa shape index (κ1) is 12.5. The summed E-state index contributed by atoms with van der Waals surface area (Å²) >= 11 is 0. The predicted molar refractivity (Wildman–Crippen MR) is 62.9 cm³/mol. The highest BCUT2D eigenvalue weighted by atomic mass is 16.5. The van der Waals surface area contributed by atoms with E-state index in [1.165, 1.54) is 0 Å². The monoisotopic (exact) mass is 250 g/mol. The molecule has 2 heterocycles. The van der Waals surface area contributed by atoms with Crippen LogP contribution in [-0.2, 0) is 11.3 Å². The van der Waals surface area contributed by atoms with Gasteiger partial charge in [0.1, 0.15) is 5.76 Å². The fraction of sp³-hybridized carbons (Fsp3) is 0.545. The van der Waals surface area contributed by atoms with Gasteiger partial charge in [0.15, 0.2) is 5.76 Å². The summed E-state index contributed by atoms with van der Waals surface area (Å²) in [5.74, 6) is 0.476. The number of carbonyl (C=O) groups is 1. The molecule has 0 spiro atoms. The van der Waals surface area contributed by atoms with Crippen LogP contribution in [0.2, 0.25) is 0 Å². The van der Waals surface area contributed by atoms with Gasteiger partial charge in [-0.2, -0.15) is 0 Å². The third-order valence-electron chi connectivity index (χ3n) is 2.73. The van der Waals surface area contributed by atoms with Crippen molar-refractivity contribution < 1.29 is 13.9 Å². The summed E-state index contributed by atoms with van der Waals surface area (Å²) in [6.45, 7) is 1.46. The Labute approximate surface area is 104 Å². The molecule has 1 amide bonds. The van der Waals surface area contributed by atoms with Crippen LogP contribution in [0.4, 0.5) is 0 Å². The molecule has 1 aromatic heterocycles. The van der Waals surface area contributed by atoms with E-state index in [1.54, 1.807) is 12.1 Å². The molecule has 1 saturated heterocycles. The molecule has 0 unspecified atom stereocenters. The van der Waals surface area contributed by atoms with Crippen molar-refractivity contribution in [2.24, 2.45) is 5.11 Å². The lowest BCUT2D eigenvalue weighted by molar-refractivity contribution is 0.0682. The quantitative estimate of drug-likeness (QED) is 0.502. The van der Waals surface area contributed by atoms with Crippen LogP contribution in [0.5, 0.6) is 0 Å². The van der Waals surface area contributed by atoms with Crippen LogP contribution < -0.4 is 5.32 Å². The Balaban J connectivity index is 1.91. The summed E-state index contributed by atoms with van der Waals surface area (Å²) in [6, 6.07) is 3.35. The average molecular weight is 250 g/mol. The fourth-order valence-corrected chi connectivity index (χ4v) is 1.78. The lowest BCUT2D eigenvalue weighted by atomic mass is 10.1. The SMILES string of the molecule is [N-]=[N+]=NCc1ccc(C(=O)NC2CCOCC2)o1. The highest BCUT2D eigenvalue weighted by Crippen LogP contribution is 2.11. The number of nitrogens with one attached hydrogen (secondary N) is 1. The number of azide groups is 1. The predicted octanol–water partition coefficient (Wildman–Crippen LogP) is 2.00. The van der Waals surface area contributed by atoms with Crippen molar-refractivity contribution in [1.29, 1.82) is 0 Å². The molecule has 0 radical (unpaired) electrons. The smallest absolute Gasteiger partial charge is 0.287 e. The van der Waals surface area contributed by atoms with Gasteiger partial charge in [-0.1, -0.05) is 5.11 Å². The third kappa shape index (κ3) is 3.26. The van der Waals surface area contributed by atoms with Gasteiger partial charge in [-0.05, 0) is 30.5 Å². The molecule has 18 heavy (non-hydrogen) atoms. The topological polar surface area (TPSA) is 100 Å². The van der Waals surface area contributed by atoms with Crippen molar-refractivity contribution in [3.63, 3.8) is 0 Å². The Morgan fingerprint density at radius 1 is 1.50 bits per heavy atom. The van der Waals surface area contributed by atoms with Crippen molar-refractivity contribution >= 4 is 5.91 Å². The summed E-state index contributed by atoms with van der Waals surface area (Å²) in [5.41, 5.74) is 8.19. The summed E-state index contributed by atoms with van der Waals surface area (Å²) in [4.78, 5) is 14.5. The van der Waals surface area contributed by atoms with E-state index < -0.39 is 0 Å². The van der Waals surface area contributed by atoms with Gasteiger partial charge in [0.25, 0.3) is 5.91 Å². The maximum Gasteiger partial charge on any atom is 0.287 e. The molecule has 2 rings (SSSR count). The van der Waals surface area contributed by atoms with Crippen molar-refractivity contribution in [2.75, 3.05) is 13.2 Å². The first-order valence-corrected chi connectivity index (χ1v) is 5.78. The van der Waals surface area contributed by atoms with E-state index in [0.29, 0.717) is 19.0 Å². The molecule has 1 aliphatic heterocycles. The van der Waals surface area contributed by atoms with E-state index in [-0.39, 0.29) is 24.3 Å². The zero-order chi connectivity index (χ0) is 12.8. The summed E-state index contributed by atoms with van der Waals surface area (Å²) < 4.78 is 10.5. The minimum absolute atomic E-state index is 0.112. The molecular weight excluding hydrogens is 236 g/mol. The Bertz CT molecular complexity index is 459. The maximum atomic E-state index is 11.9. The second kappa shape index (κ2) is 6.09. The minimum Gasteiger partial charge on any atom is -0.456 e. The van der Waals surface area contributed by atoms with Gasteiger partial charge in [0, 0.05) is 24.2 Å². The van der Waals surface area contributed by atoms with Gasteiger partial charge in [-0.3, -0.25) is 4.79 Å². The van der Waals surface area contributed by atoms with Crippen LogP contribution in [0.25, 0.3) is 10.4 Å². The summed E-state index contributed by atoms with van der Waals surface area (Å²) in [6.07, 6.45) is 1.63. The van der Waals surface area contributed by atoms with Crippen LogP contribution in [-0.4, -0.2) is 25.2 Å². The standard InChI is InChI=1S/C11H14N4O3/c12-15-13-7-9-1-2-10(18-9)11(16)14-8-3-5-17-6-4-8/h1-2,8H,3-7H2,(H,14,16). The Morgan fingerprint density at radius 3 is 3.00 bits per heavy atom. The summed E-state index contributed by atoms with van der Waals surface area (Å²) in [7, 11) is 0. The normalized spacial score (nSPS) is 16.0. The average Bonchev–Trinajstić information content (AvgIpc) is 2.86. The van der Waals surface area contributed by atoms with E-state index >= 15 is 0 Å². The Hall–Kier alpha value is -1.98. The minimum atomic E-state index is -0.242. The largest absolute Gasteiger partial charge is 0.456 e. The van der Waals surface area contributed by atoms with Crippen LogP contribution in [0.1, 0.15) is 29.2 Å². The zero-order valence-corrected chi connectivity index (χ0v) is 9.83. The number of furan rings is 1. The molecule has 1 aliphatic rings. The molecule has 1 aromatic rings. The van der Waals surface area contributed by atoms with Gasteiger partial charge in [0.05, 0.1) is 6.54 Å². The highest BCUT2D eigenvalue weighted by Gasteiger charge is 2.18. The van der Waals surface area contributed by atoms with E-state index in [1.807, 2.05) is 0 Å². The molecule has 0 atom stereocenters. The molecular formula is C11H14N4O3. The number of nitrogens with zero attached hydrogens (tertiary/aromatic N) is 3. The lowest BCUT2D eigenvalue weighted by Crippen LogP contribution is -2.38. The zero-order valence-electron chi connectivity index (χ0n) is 9.83. The molecule has 0 bridgehead atoms. The third-order valence-corrected chi connectivity index (χ3v) is 2.73. The molecule has 7 nitrogen and oxygen atoms in total. The van der Waals surface area contributed by atoms with Crippen LogP contribution in [0, 0.1) is 0 Å². The van der Waals surface area contributed by atoms with E-state index in [9.17, 15) is 4.79 Å². The van der Waals surface area contributed by atoms with E-state index in [2.05, 4.69) is 15.3 Å². The number of carbonyl (C=O) groups excluding carboxylic acids is 1. The Morgan fingerprint density at radius 2 is 2.28 bits per heavy atom. The summed E-state index contributed by atoms with van der Waals surface area (Å²) in [5, 5.41) is 6.26. The number of rotatable bonds is 4. The van der Waals surface area contributed by atoms with Crippen LogP contribution in [0.3, 0.4) is 0 Å². The fourth-order valence-electron chi connectivity index (χ4n) is 1.78. The van der Waals surface area contributed by atoms with Gasteiger partial charge in [0.2, 0.25) is 0 Å². The molecule has 0 saturated carbocycles. The van der Waals surface area contributed by atoms with Gasteiger partial charge in [-0.25, -0.2) is 0 Å². The number of hydrogen-bond acceptors (Lipinski definition) is 4. The van der Waals surface area contributed by atoms with E-state index in [4.69, 9.17) is 14.7 Å². The Kier molecular flexibility index (Phi) is 4.22. The lowest BCUT2D eigenvalue weighted by Gasteiger charge is -2.22. The highest BCUT2D eigenvalue weighted by molar-refractivity contribution is 5.91. The second-order valence-electron chi connectivity index (χ2n) is 4.02. The maximum absolute atomic E-state index is 11.9. The van der Waals surface area contributed by atoms with Gasteiger partial charge in [-0.15, -0.1) is 0 Å². The van der Waals surface area contributed by atoms with Crippen LogP contribution in [0.15, 0.2) is 21.7 Å². The molecule has 1 fully saturated rings. The van der Waals surface area contributed by atoms with Crippen LogP contribution >= 0.6 is 0 Å². The first-order valence-electron chi connectivity index (χ1n) is 5.78. The van der Waals surface area contributed by atoms with Gasteiger partial charge < -0.3 is 14.5 Å². The molecule has 0 aromatic carbocycles. The number of hydrogen-bond donors (Lipinski definition) is 1. The first-order chi connectivity index (χ1) is 8.79. The van der Waals surface area contributed by atoms with Crippen molar-refractivity contribution in [3.05, 3.63) is 34.1 Å².